The first kappa shape index (κ1) is 33.0. The van der Waals surface area contributed by atoms with Crippen molar-refractivity contribution in [3.8, 4) is 0 Å². The predicted molar refractivity (Wildman–Crippen MR) is 143 cm³/mol. The minimum absolute atomic E-state index is 0. The van der Waals surface area contributed by atoms with Gasteiger partial charge < -0.3 is 9.19 Å². The molecule has 0 saturated carbocycles. The van der Waals surface area contributed by atoms with Crippen molar-refractivity contribution in [2.45, 2.75) is 105 Å². The van der Waals surface area contributed by atoms with E-state index in [1.54, 1.807) is 0 Å². The van der Waals surface area contributed by atoms with Gasteiger partial charge in [-0.05, 0) is 62.6 Å². The fourth-order valence-corrected chi connectivity index (χ4v) is 4.79. The third-order valence-corrected chi connectivity index (χ3v) is 7.03. The topological polar surface area (TPSA) is 3.24 Å². The van der Waals surface area contributed by atoms with Crippen LogP contribution in [0.4, 0.5) is 8.63 Å². The van der Waals surface area contributed by atoms with Crippen LogP contribution in [0.5, 0.6) is 0 Å². The molecule has 0 amide bonds. The number of quaternary nitrogens is 1. The molecular formula is C28H52BF3N2. The molecule has 198 valence electrons. The second-order valence-electron chi connectivity index (χ2n) is 10.0. The minimum Gasteiger partial charge on any atom is -1.00 e. The van der Waals surface area contributed by atoms with Crippen molar-refractivity contribution in [1.29, 1.82) is 0 Å². The van der Waals surface area contributed by atoms with E-state index in [2.05, 4.69) is 32.6 Å². The highest BCUT2D eigenvalue weighted by Gasteiger charge is 2.24. The van der Waals surface area contributed by atoms with Gasteiger partial charge in [0.25, 0.3) is 0 Å². The van der Waals surface area contributed by atoms with Crippen LogP contribution in [0.15, 0.2) is 24.3 Å². The average molecular weight is 485 g/mol. The van der Waals surface area contributed by atoms with E-state index < -0.39 is 7.27 Å². The number of halogens is 3. The number of unbranched alkanes of at least 4 members (excludes halogenated alkanes) is 4. The lowest BCUT2D eigenvalue weighted by Gasteiger charge is -2.39. The lowest BCUT2D eigenvalue weighted by Crippen LogP contribution is -3.00. The van der Waals surface area contributed by atoms with Gasteiger partial charge in [0, 0.05) is 6.54 Å². The quantitative estimate of drug-likeness (QED) is 0.265. The highest BCUT2D eigenvalue weighted by molar-refractivity contribution is 6.59. The Bertz CT molecular complexity index is 540. The van der Waals surface area contributed by atoms with E-state index in [1.165, 1.54) is 113 Å². The van der Waals surface area contributed by atoms with Crippen LogP contribution in [0.3, 0.4) is 0 Å². The van der Waals surface area contributed by atoms with Gasteiger partial charge in [0.1, 0.15) is 0 Å². The molecule has 0 bridgehead atoms. The van der Waals surface area contributed by atoms with Crippen LogP contribution in [-0.4, -0.2) is 55.9 Å². The van der Waals surface area contributed by atoms with Crippen molar-refractivity contribution in [2.24, 2.45) is 0 Å². The molecule has 0 aromatic heterocycles. The third kappa shape index (κ3) is 13.8. The second-order valence-corrected chi connectivity index (χ2v) is 10.0. The summed E-state index contributed by atoms with van der Waals surface area (Å²) >= 11 is 0. The molecule has 2 nitrogen and oxygen atoms in total. The summed E-state index contributed by atoms with van der Waals surface area (Å²) in [6.07, 6.45) is 14.9. The first-order valence-corrected chi connectivity index (χ1v) is 13.9. The molecule has 0 unspecified atom stereocenters. The van der Waals surface area contributed by atoms with Gasteiger partial charge in [-0.1, -0.05) is 84.1 Å². The van der Waals surface area contributed by atoms with Crippen molar-refractivity contribution in [2.75, 3.05) is 39.3 Å². The van der Waals surface area contributed by atoms with Crippen molar-refractivity contribution in [3.63, 3.8) is 0 Å². The number of hydrogen-bond donors (Lipinski definition) is 0. The van der Waals surface area contributed by atoms with Crippen LogP contribution in [0, 0.1) is 0 Å². The molecule has 6 heteroatoms. The van der Waals surface area contributed by atoms with Gasteiger partial charge in [-0.2, -0.15) is 0 Å². The fraction of sp³-hybridized carbons (Fsp3) is 0.786. The number of piperidine rings is 1. The molecule has 0 aliphatic carbocycles. The van der Waals surface area contributed by atoms with Crippen molar-refractivity contribution in [3.05, 3.63) is 29.8 Å². The average Bonchev–Trinajstić information content (AvgIpc) is 2.84. The minimum atomic E-state index is -2.36. The summed E-state index contributed by atoms with van der Waals surface area (Å²) in [5.41, 5.74) is 1.24. The smallest absolute Gasteiger partial charge is 0.571 e. The van der Waals surface area contributed by atoms with Crippen LogP contribution < -0.4 is 10.2 Å². The van der Waals surface area contributed by atoms with E-state index in [4.69, 9.17) is 0 Å². The molecule has 34 heavy (non-hydrogen) atoms. The maximum atomic E-state index is 12.3. The summed E-state index contributed by atoms with van der Waals surface area (Å²) in [5.74, 6) is 0. The van der Waals surface area contributed by atoms with Gasteiger partial charge in [-0.3, -0.25) is 13.5 Å². The number of rotatable bonds is 15. The highest BCUT2D eigenvalue weighted by atomic mass is 19.2. The summed E-state index contributed by atoms with van der Waals surface area (Å²) < 4.78 is 26.1. The zero-order valence-electron chi connectivity index (χ0n) is 22.6. The van der Waals surface area contributed by atoms with Gasteiger partial charge in [0.05, 0.1) is 26.2 Å². The second kappa shape index (κ2) is 20.2. The SMILES string of the molecule is CCCC[N+](CCCC)(CCCC)CCCC.FB(F)c1ccc(CN2CCCCC2)cc1.[F-]. The van der Waals surface area contributed by atoms with E-state index in [-0.39, 0.29) is 10.2 Å². The maximum Gasteiger partial charge on any atom is 0.571 e. The van der Waals surface area contributed by atoms with Gasteiger partial charge in [-0.25, -0.2) is 0 Å². The number of hydrogen-bond acceptors (Lipinski definition) is 1. The standard InChI is InChI=1S/C16H36N.C12H16BF2N.FH/c1-5-9-13-17(14-10-6-2,15-11-7-3)16-12-8-4;14-13(15)12-6-4-11(5-7-12)10-16-8-2-1-3-9-16;/h5-16H2,1-4H3;4-7H,1-3,8-10H2;1H/q+1;;/p-1. The molecule has 0 radical (unpaired) electrons. The molecule has 1 aromatic rings. The number of nitrogens with zero attached hydrogens (tertiary/aromatic N) is 2. The van der Waals surface area contributed by atoms with Crippen LogP contribution in [-0.2, 0) is 6.54 Å². The van der Waals surface area contributed by atoms with Crippen molar-refractivity contribution >= 4 is 12.7 Å². The predicted octanol–water partition coefficient (Wildman–Crippen LogP) is 4.31. The lowest BCUT2D eigenvalue weighted by molar-refractivity contribution is -0.929. The zero-order chi connectivity index (χ0) is 24.4. The summed E-state index contributed by atoms with van der Waals surface area (Å²) in [6.45, 7) is 18.2. The lowest BCUT2D eigenvalue weighted by atomic mass is 9.85. The first-order valence-electron chi connectivity index (χ1n) is 13.9. The summed E-state index contributed by atoms with van der Waals surface area (Å²) in [5, 5.41) is 0. The largest absolute Gasteiger partial charge is 1.00 e. The van der Waals surface area contributed by atoms with Gasteiger partial charge in [0.2, 0.25) is 0 Å². The number of likely N-dealkylation sites (tertiary alicyclic amines) is 1. The maximum absolute atomic E-state index is 12.3. The van der Waals surface area contributed by atoms with Gasteiger partial charge in [-0.15, -0.1) is 0 Å². The molecule has 1 saturated heterocycles. The normalized spacial score (nSPS) is 14.2. The van der Waals surface area contributed by atoms with Gasteiger partial charge >= 0.3 is 7.27 Å². The summed E-state index contributed by atoms with van der Waals surface area (Å²) in [4.78, 5) is 2.39. The van der Waals surface area contributed by atoms with E-state index in [9.17, 15) is 8.63 Å². The Labute approximate surface area is 209 Å². The molecular weight excluding hydrogens is 432 g/mol. The Morgan fingerprint density at radius 2 is 1.12 bits per heavy atom. The van der Waals surface area contributed by atoms with Crippen LogP contribution in [0.1, 0.15) is 104 Å². The Balaban J connectivity index is 0.000000622. The zero-order valence-corrected chi connectivity index (χ0v) is 22.6. The van der Waals surface area contributed by atoms with Gasteiger partial charge in [0.15, 0.2) is 0 Å². The fourth-order valence-electron chi connectivity index (χ4n) is 4.79. The Morgan fingerprint density at radius 1 is 0.706 bits per heavy atom. The molecule has 1 fully saturated rings. The molecule has 0 atom stereocenters. The first-order chi connectivity index (χ1) is 16.0. The summed E-state index contributed by atoms with van der Waals surface area (Å²) in [6, 6.07) is 6.69. The Kier molecular flexibility index (Phi) is 19.6. The van der Waals surface area contributed by atoms with Crippen molar-refractivity contribution < 1.29 is 17.8 Å². The summed E-state index contributed by atoms with van der Waals surface area (Å²) in [7, 11) is -2.36. The number of benzene rings is 1. The molecule has 0 spiro atoms. The van der Waals surface area contributed by atoms with Crippen LogP contribution >= 0.6 is 0 Å². The molecule has 0 N–H and O–H groups in total. The van der Waals surface area contributed by atoms with E-state index >= 15 is 0 Å². The van der Waals surface area contributed by atoms with Crippen LogP contribution in [0.2, 0.25) is 0 Å². The third-order valence-electron chi connectivity index (χ3n) is 7.03. The van der Waals surface area contributed by atoms with Crippen LogP contribution in [0.25, 0.3) is 0 Å². The van der Waals surface area contributed by atoms with E-state index in [0.717, 1.165) is 25.2 Å². The highest BCUT2D eigenvalue weighted by Crippen LogP contribution is 2.16. The van der Waals surface area contributed by atoms with E-state index in [0.29, 0.717) is 0 Å². The Morgan fingerprint density at radius 3 is 1.47 bits per heavy atom. The Hall–Kier alpha value is -1.01. The van der Waals surface area contributed by atoms with E-state index in [1.807, 2.05) is 12.1 Å². The molecule has 1 aliphatic rings. The molecule has 2 rings (SSSR count). The molecule has 1 aromatic carbocycles. The van der Waals surface area contributed by atoms with Crippen molar-refractivity contribution in [1.82, 2.24) is 4.90 Å². The molecule has 1 heterocycles. The molecule has 1 aliphatic heterocycles. The monoisotopic (exact) mass is 484 g/mol.